The Hall–Kier alpha value is -0.680. The predicted molar refractivity (Wildman–Crippen MR) is 67.2 cm³/mol. The molecule has 92 valence electrons. The number of nitrogens with zero attached hydrogens (tertiary/aromatic N) is 1. The fourth-order valence-corrected chi connectivity index (χ4v) is 2.01. The van der Waals surface area contributed by atoms with Gasteiger partial charge >= 0.3 is 0 Å². The minimum Gasteiger partial charge on any atom is -0.392 e. The number of carbonyl (C=O) groups excluding carboxylic acids is 1. The van der Waals surface area contributed by atoms with Gasteiger partial charge in [-0.3, -0.25) is 4.79 Å². The fourth-order valence-electron chi connectivity index (χ4n) is 1.93. The molecule has 0 radical (unpaired) electrons. The van der Waals surface area contributed by atoms with E-state index in [1.807, 2.05) is 6.92 Å². The van der Waals surface area contributed by atoms with Crippen LogP contribution in [-0.2, 0) is 9.53 Å². The van der Waals surface area contributed by atoms with Crippen molar-refractivity contribution in [2.45, 2.75) is 39.3 Å². The second-order valence-electron chi connectivity index (χ2n) is 4.84. The van der Waals surface area contributed by atoms with E-state index in [0.717, 1.165) is 6.42 Å². The molecule has 0 aliphatic carbocycles. The van der Waals surface area contributed by atoms with E-state index in [2.05, 4.69) is 0 Å². The minimum atomic E-state index is -0.785. The summed E-state index contributed by atoms with van der Waals surface area (Å²) in [5.41, 5.74) is 4.81. The molecular weight excluding hydrogens is 224 g/mol. The lowest BCUT2D eigenvalue weighted by Crippen LogP contribution is -2.50. The van der Waals surface area contributed by atoms with Crippen LogP contribution >= 0.6 is 12.2 Å². The SMILES string of the molecule is CC1OCCC1N(C)C(=O)C(C)(C)C(N)=S. The smallest absolute Gasteiger partial charge is 0.235 e. The predicted octanol–water partition coefficient (Wildman–Crippen LogP) is 0.934. The summed E-state index contributed by atoms with van der Waals surface area (Å²) in [6.45, 7) is 6.20. The van der Waals surface area contributed by atoms with E-state index in [4.69, 9.17) is 22.7 Å². The third-order valence-electron chi connectivity index (χ3n) is 3.30. The Bertz CT molecular complexity index is 304. The van der Waals surface area contributed by atoms with Crippen LogP contribution in [0.4, 0.5) is 0 Å². The van der Waals surface area contributed by atoms with Crippen molar-refractivity contribution in [2.24, 2.45) is 11.1 Å². The van der Waals surface area contributed by atoms with Gasteiger partial charge in [-0.05, 0) is 27.2 Å². The highest BCUT2D eigenvalue weighted by Crippen LogP contribution is 2.25. The molecule has 16 heavy (non-hydrogen) atoms. The van der Waals surface area contributed by atoms with Crippen molar-refractivity contribution < 1.29 is 9.53 Å². The van der Waals surface area contributed by atoms with Crippen LogP contribution in [0.2, 0.25) is 0 Å². The van der Waals surface area contributed by atoms with E-state index < -0.39 is 5.41 Å². The van der Waals surface area contributed by atoms with Crippen molar-refractivity contribution in [1.82, 2.24) is 4.90 Å². The summed E-state index contributed by atoms with van der Waals surface area (Å²) in [4.78, 5) is 14.2. The first-order valence-corrected chi connectivity index (χ1v) is 5.88. The zero-order chi connectivity index (χ0) is 12.5. The molecule has 2 N–H and O–H groups in total. The van der Waals surface area contributed by atoms with E-state index in [0.29, 0.717) is 6.61 Å². The van der Waals surface area contributed by atoms with Gasteiger partial charge in [0.05, 0.1) is 22.5 Å². The van der Waals surface area contributed by atoms with E-state index in [-0.39, 0.29) is 23.0 Å². The summed E-state index contributed by atoms with van der Waals surface area (Å²) in [6, 6.07) is 0.126. The van der Waals surface area contributed by atoms with Gasteiger partial charge in [-0.2, -0.15) is 0 Å². The molecule has 0 aromatic rings. The Morgan fingerprint density at radius 3 is 2.50 bits per heavy atom. The van der Waals surface area contributed by atoms with Gasteiger partial charge in [-0.25, -0.2) is 0 Å². The van der Waals surface area contributed by atoms with Crippen molar-refractivity contribution in [3.8, 4) is 0 Å². The molecule has 1 aliphatic heterocycles. The maximum atomic E-state index is 12.2. The maximum absolute atomic E-state index is 12.2. The van der Waals surface area contributed by atoms with E-state index in [9.17, 15) is 4.79 Å². The third kappa shape index (κ3) is 2.35. The fraction of sp³-hybridized carbons (Fsp3) is 0.818. The number of thiocarbonyl (C=S) groups is 1. The first-order chi connectivity index (χ1) is 7.28. The lowest BCUT2D eigenvalue weighted by atomic mass is 9.90. The molecule has 1 aliphatic rings. The molecule has 0 saturated carbocycles. The first-order valence-electron chi connectivity index (χ1n) is 5.47. The highest BCUT2D eigenvalue weighted by Gasteiger charge is 2.39. The molecular formula is C11H20N2O2S. The van der Waals surface area contributed by atoms with Gasteiger partial charge in [0, 0.05) is 13.7 Å². The molecule has 1 amide bonds. The molecule has 4 nitrogen and oxygen atoms in total. The van der Waals surface area contributed by atoms with Crippen molar-refractivity contribution in [3.63, 3.8) is 0 Å². The highest BCUT2D eigenvalue weighted by atomic mass is 32.1. The van der Waals surface area contributed by atoms with Gasteiger partial charge in [0.2, 0.25) is 5.91 Å². The van der Waals surface area contributed by atoms with Crippen LogP contribution in [0.1, 0.15) is 27.2 Å². The monoisotopic (exact) mass is 244 g/mol. The summed E-state index contributed by atoms with van der Waals surface area (Å²) in [7, 11) is 1.79. The molecule has 1 heterocycles. The first kappa shape index (κ1) is 13.4. The topological polar surface area (TPSA) is 55.6 Å². The molecule has 5 heteroatoms. The third-order valence-corrected chi connectivity index (χ3v) is 3.82. The Morgan fingerprint density at radius 1 is 1.56 bits per heavy atom. The molecule has 1 fully saturated rings. The molecule has 1 rings (SSSR count). The molecule has 0 bridgehead atoms. The highest BCUT2D eigenvalue weighted by molar-refractivity contribution is 7.80. The average molecular weight is 244 g/mol. The van der Waals surface area contributed by atoms with Crippen LogP contribution in [0.5, 0.6) is 0 Å². The minimum absolute atomic E-state index is 0.0395. The molecule has 0 aromatic carbocycles. The summed E-state index contributed by atoms with van der Waals surface area (Å²) >= 11 is 4.93. The van der Waals surface area contributed by atoms with Crippen molar-refractivity contribution in [3.05, 3.63) is 0 Å². The molecule has 0 spiro atoms. The van der Waals surface area contributed by atoms with Crippen LogP contribution in [0.3, 0.4) is 0 Å². The second-order valence-corrected chi connectivity index (χ2v) is 5.28. The van der Waals surface area contributed by atoms with Crippen LogP contribution in [0.25, 0.3) is 0 Å². The van der Waals surface area contributed by atoms with Gasteiger partial charge in [0.15, 0.2) is 0 Å². The van der Waals surface area contributed by atoms with E-state index >= 15 is 0 Å². The standard InChI is InChI=1S/C11H20N2O2S/c1-7-8(5-6-15-7)13(4)10(14)11(2,3)9(12)16/h7-8H,5-6H2,1-4H3,(H2,12,16). The van der Waals surface area contributed by atoms with Crippen LogP contribution in [0, 0.1) is 5.41 Å². The normalized spacial score (nSPS) is 25.5. The van der Waals surface area contributed by atoms with Crippen LogP contribution in [-0.4, -0.2) is 41.6 Å². The van der Waals surface area contributed by atoms with Crippen molar-refractivity contribution >= 4 is 23.1 Å². The van der Waals surface area contributed by atoms with Crippen molar-refractivity contribution in [1.29, 1.82) is 0 Å². The van der Waals surface area contributed by atoms with Crippen molar-refractivity contribution in [2.75, 3.05) is 13.7 Å². The van der Waals surface area contributed by atoms with Gasteiger partial charge in [-0.15, -0.1) is 0 Å². The zero-order valence-electron chi connectivity index (χ0n) is 10.3. The lowest BCUT2D eigenvalue weighted by Gasteiger charge is -2.33. The van der Waals surface area contributed by atoms with Crippen LogP contribution < -0.4 is 5.73 Å². The van der Waals surface area contributed by atoms with Gasteiger partial charge in [0.25, 0.3) is 0 Å². The Labute approximate surface area is 102 Å². The molecule has 1 saturated heterocycles. The lowest BCUT2D eigenvalue weighted by molar-refractivity contribution is -0.138. The number of amides is 1. The summed E-state index contributed by atoms with van der Waals surface area (Å²) in [5, 5.41) is 0. The number of hydrogen-bond donors (Lipinski definition) is 1. The Morgan fingerprint density at radius 2 is 2.12 bits per heavy atom. The quantitative estimate of drug-likeness (QED) is 0.751. The Balaban J connectivity index is 2.78. The number of nitrogens with two attached hydrogens (primary N) is 1. The second kappa shape index (κ2) is 4.67. The van der Waals surface area contributed by atoms with Gasteiger partial charge in [0.1, 0.15) is 0 Å². The number of likely N-dealkylation sites (N-methyl/N-ethyl adjacent to an activating group) is 1. The van der Waals surface area contributed by atoms with Crippen LogP contribution in [0.15, 0.2) is 0 Å². The Kier molecular flexibility index (Phi) is 3.91. The maximum Gasteiger partial charge on any atom is 0.235 e. The number of hydrogen-bond acceptors (Lipinski definition) is 3. The number of rotatable bonds is 3. The molecule has 0 aromatic heterocycles. The van der Waals surface area contributed by atoms with Gasteiger partial charge in [-0.1, -0.05) is 12.2 Å². The van der Waals surface area contributed by atoms with E-state index in [1.165, 1.54) is 0 Å². The number of carbonyl (C=O) groups is 1. The number of ether oxygens (including phenoxy) is 1. The summed E-state index contributed by atoms with van der Waals surface area (Å²) in [5.74, 6) is -0.0395. The molecule has 2 unspecified atom stereocenters. The average Bonchev–Trinajstić information content (AvgIpc) is 2.61. The molecule has 2 atom stereocenters. The van der Waals surface area contributed by atoms with Gasteiger partial charge < -0.3 is 15.4 Å². The zero-order valence-corrected chi connectivity index (χ0v) is 11.1. The van der Waals surface area contributed by atoms with E-state index in [1.54, 1.807) is 25.8 Å². The largest absolute Gasteiger partial charge is 0.392 e. The summed E-state index contributed by atoms with van der Waals surface area (Å²) < 4.78 is 5.45. The summed E-state index contributed by atoms with van der Waals surface area (Å²) in [6.07, 6.45) is 0.952.